The Labute approximate surface area is 159 Å². The van der Waals surface area contributed by atoms with E-state index in [0.29, 0.717) is 5.56 Å². The minimum atomic E-state index is -0.341. The molecule has 0 unspecified atom stereocenters. The van der Waals surface area contributed by atoms with Crippen LogP contribution in [0.2, 0.25) is 0 Å². The van der Waals surface area contributed by atoms with Gasteiger partial charge in [0.25, 0.3) is 0 Å². The van der Waals surface area contributed by atoms with E-state index in [9.17, 15) is 4.79 Å². The lowest BCUT2D eigenvalue weighted by molar-refractivity contribution is 0.0600. The van der Waals surface area contributed by atoms with Gasteiger partial charge in [-0.2, -0.15) is 0 Å². The SMILES string of the molecule is COC(=O)c1cncc(Cc2c(C3(C)CC3)[nH]c3cc(C4CC4)ccc23)c1. The van der Waals surface area contributed by atoms with E-state index in [1.165, 1.54) is 60.5 Å². The molecule has 4 nitrogen and oxygen atoms in total. The molecule has 0 atom stereocenters. The lowest BCUT2D eigenvalue weighted by atomic mass is 9.94. The number of H-pyrrole nitrogens is 1. The number of carbonyl (C=O) groups is 1. The molecule has 0 saturated heterocycles. The van der Waals surface area contributed by atoms with Crippen LogP contribution in [0.3, 0.4) is 0 Å². The summed E-state index contributed by atoms with van der Waals surface area (Å²) < 4.78 is 4.84. The molecule has 2 aliphatic rings. The molecule has 0 aliphatic heterocycles. The third-order valence-electron chi connectivity index (χ3n) is 6.18. The lowest BCUT2D eigenvalue weighted by Gasteiger charge is -2.11. The largest absolute Gasteiger partial charge is 0.465 e. The molecule has 0 amide bonds. The van der Waals surface area contributed by atoms with E-state index in [2.05, 4.69) is 35.1 Å². The first-order chi connectivity index (χ1) is 13.1. The Morgan fingerprint density at radius 3 is 2.78 bits per heavy atom. The van der Waals surface area contributed by atoms with Crippen molar-refractivity contribution in [3.05, 3.63) is 64.6 Å². The van der Waals surface area contributed by atoms with Crippen molar-refractivity contribution in [2.75, 3.05) is 7.11 Å². The van der Waals surface area contributed by atoms with Crippen molar-refractivity contribution in [2.24, 2.45) is 0 Å². The summed E-state index contributed by atoms with van der Waals surface area (Å²) in [5, 5.41) is 1.30. The minimum Gasteiger partial charge on any atom is -0.465 e. The molecule has 4 heteroatoms. The van der Waals surface area contributed by atoms with Crippen molar-refractivity contribution in [3.8, 4) is 0 Å². The minimum absolute atomic E-state index is 0.251. The van der Waals surface area contributed by atoms with Crippen LogP contribution in [-0.2, 0) is 16.6 Å². The number of carbonyl (C=O) groups excluding carboxylic acids is 1. The van der Waals surface area contributed by atoms with Crippen molar-refractivity contribution in [1.82, 2.24) is 9.97 Å². The van der Waals surface area contributed by atoms with Crippen molar-refractivity contribution in [3.63, 3.8) is 0 Å². The van der Waals surface area contributed by atoms with Crippen molar-refractivity contribution in [1.29, 1.82) is 0 Å². The number of fused-ring (bicyclic) bond motifs is 1. The van der Waals surface area contributed by atoms with Gasteiger partial charge in [-0.05, 0) is 60.4 Å². The van der Waals surface area contributed by atoms with E-state index in [-0.39, 0.29) is 11.4 Å². The zero-order valence-electron chi connectivity index (χ0n) is 15.8. The van der Waals surface area contributed by atoms with Gasteiger partial charge in [-0.15, -0.1) is 0 Å². The van der Waals surface area contributed by atoms with Gasteiger partial charge in [0, 0.05) is 40.8 Å². The van der Waals surface area contributed by atoms with Crippen LogP contribution in [0, 0.1) is 0 Å². The van der Waals surface area contributed by atoms with E-state index in [1.54, 1.807) is 6.20 Å². The maximum atomic E-state index is 11.9. The Morgan fingerprint density at radius 2 is 2.07 bits per heavy atom. The van der Waals surface area contributed by atoms with Crippen molar-refractivity contribution >= 4 is 16.9 Å². The molecule has 138 valence electrons. The molecular weight excluding hydrogens is 336 g/mol. The summed E-state index contributed by atoms with van der Waals surface area (Å²) in [6.45, 7) is 2.34. The summed E-state index contributed by atoms with van der Waals surface area (Å²) in [5.41, 5.74) is 7.19. The van der Waals surface area contributed by atoms with Crippen LogP contribution in [0.15, 0.2) is 36.7 Å². The van der Waals surface area contributed by atoms with Crippen LogP contribution in [-0.4, -0.2) is 23.0 Å². The zero-order chi connectivity index (χ0) is 18.6. The highest BCUT2D eigenvalue weighted by Gasteiger charge is 2.42. The number of hydrogen-bond donors (Lipinski definition) is 1. The standard InChI is InChI=1S/C23H24N2O2/c1-23(7-8-23)21-19(10-14-9-17(13-24-12-14)22(26)27-2)18-6-5-16(15-3-4-15)11-20(18)25-21/h5-6,9,11-13,15,25H,3-4,7-8,10H2,1-2H3. The Balaban J connectivity index is 1.58. The first-order valence-corrected chi connectivity index (χ1v) is 9.75. The average molecular weight is 360 g/mol. The lowest BCUT2D eigenvalue weighted by Crippen LogP contribution is -2.06. The van der Waals surface area contributed by atoms with E-state index >= 15 is 0 Å². The fourth-order valence-electron chi connectivity index (χ4n) is 4.10. The number of aromatic amines is 1. The van der Waals surface area contributed by atoms with E-state index in [4.69, 9.17) is 4.74 Å². The maximum absolute atomic E-state index is 11.9. The third kappa shape index (κ3) is 2.93. The van der Waals surface area contributed by atoms with Crippen molar-refractivity contribution < 1.29 is 9.53 Å². The second kappa shape index (κ2) is 5.95. The first-order valence-electron chi connectivity index (χ1n) is 9.75. The van der Waals surface area contributed by atoms with Gasteiger partial charge in [-0.1, -0.05) is 19.1 Å². The van der Waals surface area contributed by atoms with Gasteiger partial charge >= 0.3 is 5.97 Å². The monoisotopic (exact) mass is 360 g/mol. The zero-order valence-corrected chi connectivity index (χ0v) is 15.8. The maximum Gasteiger partial charge on any atom is 0.339 e. The highest BCUT2D eigenvalue weighted by molar-refractivity contribution is 5.89. The number of rotatable bonds is 5. The van der Waals surface area contributed by atoms with Crippen LogP contribution >= 0.6 is 0 Å². The van der Waals surface area contributed by atoms with E-state index in [0.717, 1.165) is 17.9 Å². The topological polar surface area (TPSA) is 55.0 Å². The highest BCUT2D eigenvalue weighted by Crippen LogP contribution is 2.50. The molecule has 0 spiro atoms. The fourth-order valence-corrected chi connectivity index (χ4v) is 4.10. The molecule has 1 aromatic carbocycles. The van der Waals surface area contributed by atoms with Crippen LogP contribution in [0.1, 0.15) is 71.3 Å². The Bertz CT molecular complexity index is 1040. The summed E-state index contributed by atoms with van der Waals surface area (Å²) >= 11 is 0. The molecule has 2 aromatic heterocycles. The number of nitrogens with one attached hydrogen (secondary N) is 1. The highest BCUT2D eigenvalue weighted by atomic mass is 16.5. The number of hydrogen-bond acceptors (Lipinski definition) is 3. The van der Waals surface area contributed by atoms with Crippen molar-refractivity contribution in [2.45, 2.75) is 50.4 Å². The molecule has 2 heterocycles. The molecule has 3 aromatic rings. The van der Waals surface area contributed by atoms with Gasteiger partial charge in [0.15, 0.2) is 0 Å². The molecule has 2 fully saturated rings. The predicted octanol–water partition coefficient (Wildman–Crippen LogP) is 4.87. The van der Waals surface area contributed by atoms with Crippen LogP contribution in [0.4, 0.5) is 0 Å². The summed E-state index contributed by atoms with van der Waals surface area (Å²) in [6, 6.07) is 8.81. The number of esters is 1. The fraction of sp³-hybridized carbons (Fsp3) is 0.391. The summed E-state index contributed by atoms with van der Waals surface area (Å²) in [7, 11) is 1.40. The predicted molar refractivity (Wildman–Crippen MR) is 105 cm³/mol. The summed E-state index contributed by atoms with van der Waals surface area (Å²) in [5.74, 6) is 0.411. The van der Waals surface area contributed by atoms with E-state index in [1.807, 2.05) is 12.3 Å². The Morgan fingerprint density at radius 1 is 1.26 bits per heavy atom. The van der Waals surface area contributed by atoms with Crippen LogP contribution < -0.4 is 0 Å². The molecule has 1 N–H and O–H groups in total. The number of aromatic nitrogens is 2. The second-order valence-electron chi connectivity index (χ2n) is 8.37. The second-order valence-corrected chi connectivity index (χ2v) is 8.37. The Kier molecular flexibility index (Phi) is 3.64. The van der Waals surface area contributed by atoms with Gasteiger partial charge in [0.1, 0.15) is 0 Å². The molecule has 0 radical (unpaired) electrons. The number of ether oxygens (including phenoxy) is 1. The summed E-state index contributed by atoms with van der Waals surface area (Å²) in [4.78, 5) is 19.9. The van der Waals surface area contributed by atoms with Crippen LogP contribution in [0.25, 0.3) is 10.9 Å². The first kappa shape index (κ1) is 16.5. The van der Waals surface area contributed by atoms with E-state index < -0.39 is 0 Å². The molecule has 0 bridgehead atoms. The molecule has 27 heavy (non-hydrogen) atoms. The number of pyridine rings is 1. The molecule has 2 aliphatic carbocycles. The number of benzene rings is 1. The third-order valence-corrected chi connectivity index (χ3v) is 6.18. The quantitative estimate of drug-likeness (QED) is 0.661. The average Bonchev–Trinajstić information content (AvgIpc) is 3.61. The van der Waals surface area contributed by atoms with Gasteiger partial charge in [-0.25, -0.2) is 4.79 Å². The normalized spacial score (nSPS) is 17.9. The van der Waals surface area contributed by atoms with Gasteiger partial charge < -0.3 is 9.72 Å². The molecule has 2 saturated carbocycles. The van der Waals surface area contributed by atoms with Crippen LogP contribution in [0.5, 0.6) is 0 Å². The smallest absolute Gasteiger partial charge is 0.339 e. The number of methoxy groups -OCH3 is 1. The van der Waals surface area contributed by atoms with Gasteiger partial charge in [0.2, 0.25) is 0 Å². The number of nitrogens with zero attached hydrogens (tertiary/aromatic N) is 1. The molecular formula is C23H24N2O2. The van der Waals surface area contributed by atoms with Gasteiger partial charge in [-0.3, -0.25) is 4.98 Å². The van der Waals surface area contributed by atoms with Gasteiger partial charge in [0.05, 0.1) is 12.7 Å². The Hall–Kier alpha value is -2.62. The summed E-state index contributed by atoms with van der Waals surface area (Å²) in [6.07, 6.45) is 9.26. The molecule has 5 rings (SSSR count).